The second-order valence-electron chi connectivity index (χ2n) is 6.78. The van der Waals surface area contributed by atoms with E-state index in [0.29, 0.717) is 17.2 Å². The molecule has 1 atom stereocenters. The van der Waals surface area contributed by atoms with Gasteiger partial charge in [-0.1, -0.05) is 30.3 Å². The molecule has 0 fully saturated rings. The average Bonchev–Trinajstić information content (AvgIpc) is 3.22. The minimum absolute atomic E-state index is 0.0663. The number of sulfonamides is 1. The Morgan fingerprint density at radius 3 is 2.64 bits per heavy atom. The molecule has 152 valence electrons. The molecule has 0 aliphatic rings. The van der Waals surface area contributed by atoms with Gasteiger partial charge in [0.1, 0.15) is 0 Å². The van der Waals surface area contributed by atoms with Gasteiger partial charge in [0.15, 0.2) is 11.0 Å². The zero-order chi connectivity index (χ0) is 20.5. The Balaban J connectivity index is 2.02. The Labute approximate surface area is 169 Å². The van der Waals surface area contributed by atoms with E-state index in [2.05, 4.69) is 21.6 Å². The van der Waals surface area contributed by atoms with Gasteiger partial charge in [0.05, 0.1) is 21.2 Å². The Morgan fingerprint density at radius 1 is 1.29 bits per heavy atom. The van der Waals surface area contributed by atoms with Crippen molar-refractivity contribution in [2.24, 2.45) is 0 Å². The number of thioether (sulfide) groups is 1. The third kappa shape index (κ3) is 4.08. The quantitative estimate of drug-likeness (QED) is 0.511. The summed E-state index contributed by atoms with van der Waals surface area (Å²) in [6.07, 6.45) is 2.06. The van der Waals surface area contributed by atoms with Crippen LogP contribution in [0.4, 0.5) is 0 Å². The second-order valence-corrected chi connectivity index (χ2v) is 10.2. The zero-order valence-corrected chi connectivity index (χ0v) is 18.3. The first-order valence-electron chi connectivity index (χ1n) is 9.13. The molecule has 0 bridgehead atoms. The summed E-state index contributed by atoms with van der Waals surface area (Å²) < 4.78 is 33.5. The van der Waals surface area contributed by atoms with Crippen LogP contribution >= 0.6 is 11.8 Å². The van der Waals surface area contributed by atoms with Gasteiger partial charge in [0.2, 0.25) is 15.9 Å². The number of hydrogen-bond acceptors (Lipinski definition) is 7. The minimum atomic E-state index is -3.51. The van der Waals surface area contributed by atoms with Crippen LogP contribution in [-0.2, 0) is 16.6 Å². The lowest BCUT2D eigenvalue weighted by Crippen LogP contribution is -2.22. The van der Waals surface area contributed by atoms with Gasteiger partial charge in [-0.15, -0.1) is 0 Å². The third-order valence-electron chi connectivity index (χ3n) is 4.37. The highest BCUT2D eigenvalue weighted by Crippen LogP contribution is 2.36. The minimum Gasteiger partial charge on any atom is -0.338 e. The summed E-state index contributed by atoms with van der Waals surface area (Å²) in [6, 6.07) is 5.11. The van der Waals surface area contributed by atoms with Crippen molar-refractivity contribution in [1.29, 1.82) is 0 Å². The van der Waals surface area contributed by atoms with Crippen LogP contribution in [0.2, 0.25) is 0 Å². The SMILES string of the molecule is CCCCn1c(SC(C)c2nc(C)no2)nc2cc(S(=O)(=O)N(C)C)ccc21. The monoisotopic (exact) mass is 423 g/mol. The molecule has 0 radical (unpaired) electrons. The van der Waals surface area contributed by atoms with Crippen molar-refractivity contribution < 1.29 is 12.9 Å². The zero-order valence-electron chi connectivity index (χ0n) is 16.7. The molecule has 0 saturated carbocycles. The van der Waals surface area contributed by atoms with Crippen molar-refractivity contribution in [1.82, 2.24) is 24.0 Å². The van der Waals surface area contributed by atoms with E-state index < -0.39 is 10.0 Å². The molecule has 3 rings (SSSR count). The molecule has 0 aliphatic heterocycles. The van der Waals surface area contributed by atoms with E-state index in [1.807, 2.05) is 13.0 Å². The molecule has 1 aromatic carbocycles. The molecule has 1 unspecified atom stereocenters. The van der Waals surface area contributed by atoms with E-state index in [1.54, 1.807) is 19.1 Å². The maximum Gasteiger partial charge on any atom is 0.242 e. The molecule has 8 nitrogen and oxygen atoms in total. The molecule has 10 heteroatoms. The fourth-order valence-electron chi connectivity index (χ4n) is 2.77. The number of nitrogens with zero attached hydrogens (tertiary/aromatic N) is 5. The highest BCUT2D eigenvalue weighted by Gasteiger charge is 2.22. The molecule has 0 amide bonds. The van der Waals surface area contributed by atoms with E-state index in [-0.39, 0.29) is 10.1 Å². The van der Waals surface area contributed by atoms with E-state index in [4.69, 9.17) is 9.51 Å². The lowest BCUT2D eigenvalue weighted by atomic mass is 10.3. The third-order valence-corrected chi connectivity index (χ3v) is 7.26. The summed E-state index contributed by atoms with van der Waals surface area (Å²) >= 11 is 1.53. The number of aryl methyl sites for hydroxylation is 2. The summed E-state index contributed by atoms with van der Waals surface area (Å²) in [5.41, 5.74) is 1.58. The van der Waals surface area contributed by atoms with Crippen molar-refractivity contribution in [2.45, 2.75) is 55.5 Å². The molecule has 0 spiro atoms. The highest BCUT2D eigenvalue weighted by molar-refractivity contribution is 7.99. The number of fused-ring (bicyclic) bond motifs is 1. The number of benzene rings is 1. The van der Waals surface area contributed by atoms with Crippen LogP contribution in [0.1, 0.15) is 43.7 Å². The normalized spacial score (nSPS) is 13.5. The van der Waals surface area contributed by atoms with Gasteiger partial charge >= 0.3 is 0 Å². The largest absolute Gasteiger partial charge is 0.338 e. The molecule has 0 N–H and O–H groups in total. The fraction of sp³-hybridized carbons (Fsp3) is 0.500. The molecule has 2 heterocycles. The smallest absolute Gasteiger partial charge is 0.242 e. The maximum atomic E-state index is 12.5. The number of aromatic nitrogens is 4. The Kier molecular flexibility index (Phi) is 6.11. The van der Waals surface area contributed by atoms with E-state index in [9.17, 15) is 8.42 Å². The molecular weight excluding hydrogens is 398 g/mol. The second kappa shape index (κ2) is 8.22. The van der Waals surface area contributed by atoms with Crippen molar-refractivity contribution in [3.05, 3.63) is 29.9 Å². The number of unbranched alkanes of at least 4 members (excludes halogenated alkanes) is 1. The summed E-state index contributed by atoms with van der Waals surface area (Å²) in [4.78, 5) is 9.26. The first kappa shape index (κ1) is 20.8. The Bertz CT molecular complexity index is 1070. The molecule has 28 heavy (non-hydrogen) atoms. The van der Waals surface area contributed by atoms with Gasteiger partial charge in [-0.25, -0.2) is 17.7 Å². The van der Waals surface area contributed by atoms with Crippen LogP contribution in [0, 0.1) is 6.92 Å². The molecule has 3 aromatic rings. The van der Waals surface area contributed by atoms with Crippen molar-refractivity contribution in [3.63, 3.8) is 0 Å². The van der Waals surface area contributed by atoms with Gasteiger partial charge in [0.25, 0.3) is 0 Å². The van der Waals surface area contributed by atoms with Gasteiger partial charge in [0, 0.05) is 20.6 Å². The van der Waals surface area contributed by atoms with Crippen LogP contribution in [0.25, 0.3) is 11.0 Å². The first-order valence-corrected chi connectivity index (χ1v) is 11.5. The summed E-state index contributed by atoms with van der Waals surface area (Å²) in [6.45, 7) is 6.72. The van der Waals surface area contributed by atoms with Crippen LogP contribution in [-0.4, -0.2) is 46.5 Å². The van der Waals surface area contributed by atoms with E-state index >= 15 is 0 Å². The highest BCUT2D eigenvalue weighted by atomic mass is 32.2. The average molecular weight is 424 g/mol. The van der Waals surface area contributed by atoms with Crippen LogP contribution in [0.3, 0.4) is 0 Å². The maximum absolute atomic E-state index is 12.5. The van der Waals surface area contributed by atoms with Crippen molar-refractivity contribution >= 4 is 32.8 Å². The van der Waals surface area contributed by atoms with E-state index in [1.165, 1.54) is 30.2 Å². The summed E-state index contributed by atoms with van der Waals surface area (Å²) in [5.74, 6) is 1.15. The number of rotatable bonds is 8. The number of hydrogen-bond donors (Lipinski definition) is 0. The van der Waals surface area contributed by atoms with Crippen molar-refractivity contribution in [2.75, 3.05) is 14.1 Å². The van der Waals surface area contributed by atoms with Gasteiger partial charge < -0.3 is 9.09 Å². The Morgan fingerprint density at radius 2 is 2.04 bits per heavy atom. The van der Waals surface area contributed by atoms with Gasteiger partial charge in [-0.2, -0.15) is 4.98 Å². The van der Waals surface area contributed by atoms with Crippen molar-refractivity contribution in [3.8, 4) is 0 Å². The molecular formula is C18H25N5O3S2. The Hall–Kier alpha value is -1.91. The number of imidazole rings is 1. The van der Waals surface area contributed by atoms with Crippen LogP contribution < -0.4 is 0 Å². The molecule has 0 aliphatic carbocycles. The predicted molar refractivity (Wildman–Crippen MR) is 109 cm³/mol. The fourth-order valence-corrected chi connectivity index (χ4v) is 4.67. The van der Waals surface area contributed by atoms with E-state index in [0.717, 1.165) is 30.1 Å². The first-order chi connectivity index (χ1) is 13.2. The summed E-state index contributed by atoms with van der Waals surface area (Å²) in [7, 11) is -0.463. The van der Waals surface area contributed by atoms with Gasteiger partial charge in [-0.3, -0.25) is 0 Å². The van der Waals surface area contributed by atoms with Crippen LogP contribution in [0.5, 0.6) is 0 Å². The lowest BCUT2D eigenvalue weighted by Gasteiger charge is -2.12. The summed E-state index contributed by atoms with van der Waals surface area (Å²) in [5, 5.41) is 4.60. The molecule has 2 aromatic heterocycles. The predicted octanol–water partition coefficient (Wildman–Crippen LogP) is 3.63. The topological polar surface area (TPSA) is 94.1 Å². The lowest BCUT2D eigenvalue weighted by molar-refractivity contribution is 0.376. The standard InChI is InChI=1S/C18H25N5O3S2/c1-6-7-10-23-16-9-8-14(28(24,25)22(4)5)11-15(16)20-18(23)27-12(2)17-19-13(3)21-26-17/h8-9,11-12H,6-7,10H2,1-5H3. The molecule has 0 saturated heterocycles. The van der Waals surface area contributed by atoms with Crippen LogP contribution in [0.15, 0.2) is 32.8 Å². The van der Waals surface area contributed by atoms with Gasteiger partial charge in [-0.05, 0) is 38.5 Å².